The van der Waals surface area contributed by atoms with E-state index in [9.17, 15) is 9.59 Å². The lowest BCUT2D eigenvalue weighted by Gasteiger charge is -2.37. The lowest BCUT2D eigenvalue weighted by Crippen LogP contribution is -2.48. The van der Waals surface area contributed by atoms with E-state index in [0.717, 1.165) is 17.9 Å². The molecule has 0 saturated carbocycles. The molecule has 1 atom stereocenters. The molecule has 1 aliphatic rings. The smallest absolute Gasteiger partial charge is 0.223 e. The first-order valence-electron chi connectivity index (χ1n) is 8.57. The van der Waals surface area contributed by atoms with Crippen LogP contribution in [0, 0.1) is 0 Å². The third-order valence-electron chi connectivity index (χ3n) is 4.23. The maximum absolute atomic E-state index is 12.6. The first kappa shape index (κ1) is 18.3. The molecule has 0 radical (unpaired) electrons. The van der Waals surface area contributed by atoms with Crippen molar-refractivity contribution in [2.75, 3.05) is 33.3 Å². The molecule has 132 valence electrons. The van der Waals surface area contributed by atoms with Crippen LogP contribution in [-0.4, -0.2) is 50.0 Å². The van der Waals surface area contributed by atoms with Crippen LogP contribution in [0.3, 0.4) is 0 Å². The fraction of sp³-hybridized carbons (Fsp3) is 0.556. The Bertz CT molecular complexity index is 562. The van der Waals surface area contributed by atoms with Crippen LogP contribution < -0.4 is 15.4 Å². The summed E-state index contributed by atoms with van der Waals surface area (Å²) >= 11 is 0. The van der Waals surface area contributed by atoms with Gasteiger partial charge >= 0.3 is 0 Å². The van der Waals surface area contributed by atoms with Crippen molar-refractivity contribution in [1.82, 2.24) is 15.5 Å². The van der Waals surface area contributed by atoms with E-state index in [2.05, 4.69) is 10.6 Å². The van der Waals surface area contributed by atoms with Gasteiger partial charge in [-0.05, 0) is 19.4 Å². The Morgan fingerprint density at radius 1 is 1.33 bits per heavy atom. The lowest BCUT2D eigenvalue weighted by atomic mass is 10.0. The maximum Gasteiger partial charge on any atom is 0.223 e. The van der Waals surface area contributed by atoms with Crippen molar-refractivity contribution in [2.24, 2.45) is 0 Å². The van der Waals surface area contributed by atoms with Gasteiger partial charge in [0.15, 0.2) is 0 Å². The highest BCUT2D eigenvalue weighted by Crippen LogP contribution is 2.30. The molecule has 1 heterocycles. The Balaban J connectivity index is 2.00. The summed E-state index contributed by atoms with van der Waals surface area (Å²) in [5, 5.41) is 6.11. The van der Waals surface area contributed by atoms with Gasteiger partial charge in [0.25, 0.3) is 0 Å². The lowest BCUT2D eigenvalue weighted by molar-refractivity contribution is -0.134. The fourth-order valence-electron chi connectivity index (χ4n) is 3.05. The Labute approximate surface area is 143 Å². The molecule has 2 amide bonds. The van der Waals surface area contributed by atoms with Crippen molar-refractivity contribution in [3.05, 3.63) is 29.8 Å². The first-order chi connectivity index (χ1) is 11.7. The molecule has 1 unspecified atom stereocenters. The van der Waals surface area contributed by atoms with E-state index < -0.39 is 0 Å². The van der Waals surface area contributed by atoms with Crippen LogP contribution in [0.25, 0.3) is 0 Å². The summed E-state index contributed by atoms with van der Waals surface area (Å²) in [4.78, 5) is 26.1. The number of carbonyl (C=O) groups is 2. The molecule has 0 aliphatic carbocycles. The van der Waals surface area contributed by atoms with Crippen LogP contribution in [-0.2, 0) is 9.59 Å². The molecule has 6 heteroatoms. The van der Waals surface area contributed by atoms with Gasteiger partial charge in [0.05, 0.1) is 13.2 Å². The van der Waals surface area contributed by atoms with Crippen molar-refractivity contribution in [2.45, 2.75) is 32.2 Å². The summed E-state index contributed by atoms with van der Waals surface area (Å²) in [6, 6.07) is 7.78. The molecule has 6 nitrogen and oxygen atoms in total. The minimum absolute atomic E-state index is 0.00638. The average molecular weight is 333 g/mol. The van der Waals surface area contributed by atoms with Crippen molar-refractivity contribution in [3.63, 3.8) is 0 Å². The molecule has 2 N–H and O–H groups in total. The predicted molar refractivity (Wildman–Crippen MR) is 92.9 cm³/mol. The molecule has 0 aromatic heterocycles. The number of benzene rings is 1. The fourth-order valence-corrected chi connectivity index (χ4v) is 3.05. The van der Waals surface area contributed by atoms with Crippen molar-refractivity contribution in [1.29, 1.82) is 0 Å². The van der Waals surface area contributed by atoms with Crippen molar-refractivity contribution >= 4 is 11.8 Å². The van der Waals surface area contributed by atoms with Crippen molar-refractivity contribution < 1.29 is 14.3 Å². The quantitative estimate of drug-likeness (QED) is 0.793. The van der Waals surface area contributed by atoms with Gasteiger partial charge < -0.3 is 20.3 Å². The number of methoxy groups -OCH3 is 1. The second-order valence-electron chi connectivity index (χ2n) is 5.86. The standard InChI is InChI=1S/C18H27N3O3/c1-3-20-17(22)9-6-10-18(23)21-12-11-19-13-15(21)14-7-4-5-8-16(14)24-2/h4-5,7-8,15,19H,3,6,9-13H2,1-2H3,(H,20,22). The van der Waals surface area contributed by atoms with Crippen LogP contribution in [0.15, 0.2) is 24.3 Å². The van der Waals surface area contributed by atoms with Gasteiger partial charge in [0, 0.05) is 44.6 Å². The second kappa shape index (κ2) is 9.27. The largest absolute Gasteiger partial charge is 0.496 e. The zero-order valence-corrected chi connectivity index (χ0v) is 14.5. The normalized spacial score (nSPS) is 17.4. The van der Waals surface area contributed by atoms with Crippen LogP contribution in [0.2, 0.25) is 0 Å². The Hall–Kier alpha value is -2.08. The molecule has 1 fully saturated rings. The van der Waals surface area contributed by atoms with E-state index in [-0.39, 0.29) is 17.9 Å². The van der Waals surface area contributed by atoms with Gasteiger partial charge in [0.1, 0.15) is 5.75 Å². The number of ether oxygens (including phenoxy) is 1. The van der Waals surface area contributed by atoms with Gasteiger partial charge in [-0.2, -0.15) is 0 Å². The summed E-state index contributed by atoms with van der Waals surface area (Å²) in [5.74, 6) is 0.898. The highest BCUT2D eigenvalue weighted by molar-refractivity contribution is 5.79. The van der Waals surface area contributed by atoms with Gasteiger partial charge in [-0.1, -0.05) is 18.2 Å². The number of amides is 2. The maximum atomic E-state index is 12.6. The van der Waals surface area contributed by atoms with Gasteiger partial charge in [-0.25, -0.2) is 0 Å². The van der Waals surface area contributed by atoms with E-state index in [1.54, 1.807) is 7.11 Å². The average Bonchev–Trinajstić information content (AvgIpc) is 2.61. The number of para-hydroxylation sites is 1. The molecule has 0 spiro atoms. The third kappa shape index (κ3) is 4.71. The zero-order chi connectivity index (χ0) is 17.4. The minimum Gasteiger partial charge on any atom is -0.496 e. The Morgan fingerprint density at radius 2 is 2.12 bits per heavy atom. The van der Waals surface area contributed by atoms with Crippen LogP contribution in [0.1, 0.15) is 37.8 Å². The number of rotatable bonds is 7. The monoisotopic (exact) mass is 333 g/mol. The van der Waals surface area contributed by atoms with Gasteiger partial charge in [-0.3, -0.25) is 9.59 Å². The van der Waals surface area contributed by atoms with Crippen LogP contribution in [0.5, 0.6) is 5.75 Å². The molecule has 2 rings (SSSR count). The number of nitrogens with zero attached hydrogens (tertiary/aromatic N) is 1. The highest BCUT2D eigenvalue weighted by atomic mass is 16.5. The Morgan fingerprint density at radius 3 is 2.88 bits per heavy atom. The predicted octanol–water partition coefficient (Wildman–Crippen LogP) is 1.47. The number of piperazine rings is 1. The summed E-state index contributed by atoms with van der Waals surface area (Å²) in [5.41, 5.74) is 1.02. The molecule has 0 bridgehead atoms. The highest BCUT2D eigenvalue weighted by Gasteiger charge is 2.29. The van der Waals surface area contributed by atoms with Gasteiger partial charge in [-0.15, -0.1) is 0 Å². The Kier molecular flexibility index (Phi) is 7.06. The minimum atomic E-state index is -0.0353. The molecular weight excluding hydrogens is 306 g/mol. The summed E-state index contributed by atoms with van der Waals surface area (Å²) in [6.45, 7) is 4.68. The van der Waals surface area contributed by atoms with E-state index in [4.69, 9.17) is 4.74 Å². The summed E-state index contributed by atoms with van der Waals surface area (Å²) < 4.78 is 5.45. The second-order valence-corrected chi connectivity index (χ2v) is 5.86. The number of carbonyl (C=O) groups excluding carboxylic acids is 2. The summed E-state index contributed by atoms with van der Waals surface area (Å²) in [7, 11) is 1.65. The van der Waals surface area contributed by atoms with Crippen molar-refractivity contribution in [3.8, 4) is 5.75 Å². The number of nitrogens with one attached hydrogen (secondary N) is 2. The van der Waals surface area contributed by atoms with Gasteiger partial charge in [0.2, 0.25) is 11.8 Å². The first-order valence-corrected chi connectivity index (χ1v) is 8.57. The SMILES string of the molecule is CCNC(=O)CCCC(=O)N1CCNCC1c1ccccc1OC. The topological polar surface area (TPSA) is 70.7 Å². The molecular formula is C18H27N3O3. The summed E-state index contributed by atoms with van der Waals surface area (Å²) in [6.07, 6.45) is 1.36. The third-order valence-corrected chi connectivity index (χ3v) is 4.23. The molecule has 1 saturated heterocycles. The van der Waals surface area contributed by atoms with Crippen LogP contribution in [0.4, 0.5) is 0 Å². The van der Waals surface area contributed by atoms with Crippen LogP contribution >= 0.6 is 0 Å². The number of hydrogen-bond acceptors (Lipinski definition) is 4. The van der Waals surface area contributed by atoms with E-state index in [1.807, 2.05) is 36.1 Å². The number of hydrogen-bond donors (Lipinski definition) is 2. The van der Waals surface area contributed by atoms with E-state index in [1.165, 1.54) is 0 Å². The van der Waals surface area contributed by atoms with E-state index in [0.29, 0.717) is 38.9 Å². The van der Waals surface area contributed by atoms with E-state index >= 15 is 0 Å². The molecule has 1 aliphatic heterocycles. The zero-order valence-electron chi connectivity index (χ0n) is 14.5. The molecule has 24 heavy (non-hydrogen) atoms. The molecule has 1 aromatic carbocycles. The molecule has 1 aromatic rings.